The van der Waals surface area contributed by atoms with Crippen LogP contribution in [0.1, 0.15) is 10.6 Å². The van der Waals surface area contributed by atoms with Crippen LogP contribution < -0.4 is 0 Å². The first-order valence-corrected chi connectivity index (χ1v) is 5.44. The van der Waals surface area contributed by atoms with Crippen molar-refractivity contribution in [2.24, 2.45) is 0 Å². The van der Waals surface area contributed by atoms with Gasteiger partial charge in [-0.1, -0.05) is 0 Å². The molecule has 0 radical (unpaired) electrons. The summed E-state index contributed by atoms with van der Waals surface area (Å²) in [6.45, 7) is -0.577. The van der Waals surface area contributed by atoms with Gasteiger partial charge in [-0.15, -0.1) is 0 Å². The van der Waals surface area contributed by atoms with Crippen molar-refractivity contribution in [1.29, 1.82) is 0 Å². The van der Waals surface area contributed by atoms with Gasteiger partial charge in [0.25, 0.3) is 0 Å². The number of ether oxygens (including phenoxy) is 1. The zero-order valence-electron chi connectivity index (χ0n) is 9.34. The first-order valence-electron chi connectivity index (χ1n) is 5.44. The number of hydrogen-bond donors (Lipinski definition) is 4. The minimum atomic E-state index is -1.58. The standard InChI is InChI=1S/C11H14O7/c12-4-6-7(13)9(15)10(16)11(18-6)8(14)5-2-1-3-17-5/h1-3,6-7,9-13,15-16H,4H2/t6?,7-,9?,10?,11+/m1/s1. The van der Waals surface area contributed by atoms with Gasteiger partial charge < -0.3 is 29.6 Å². The predicted octanol–water partition coefficient (Wildman–Crippen LogP) is -1.70. The Kier molecular flexibility index (Phi) is 3.79. The van der Waals surface area contributed by atoms with Crippen molar-refractivity contribution in [2.45, 2.75) is 30.5 Å². The second-order valence-corrected chi connectivity index (χ2v) is 4.09. The Morgan fingerprint density at radius 2 is 1.94 bits per heavy atom. The average molecular weight is 258 g/mol. The molecule has 7 heteroatoms. The maximum Gasteiger partial charge on any atom is 0.229 e. The zero-order chi connectivity index (χ0) is 13.3. The second-order valence-electron chi connectivity index (χ2n) is 4.09. The third-order valence-corrected chi connectivity index (χ3v) is 2.91. The van der Waals surface area contributed by atoms with Gasteiger partial charge in [-0.2, -0.15) is 0 Å². The van der Waals surface area contributed by atoms with E-state index in [2.05, 4.69) is 0 Å². The van der Waals surface area contributed by atoms with E-state index < -0.39 is 42.9 Å². The van der Waals surface area contributed by atoms with E-state index >= 15 is 0 Å². The van der Waals surface area contributed by atoms with Gasteiger partial charge >= 0.3 is 0 Å². The van der Waals surface area contributed by atoms with Crippen LogP contribution in [-0.2, 0) is 4.74 Å². The van der Waals surface area contributed by atoms with E-state index in [1.165, 1.54) is 18.4 Å². The molecule has 18 heavy (non-hydrogen) atoms. The van der Waals surface area contributed by atoms with Gasteiger partial charge in [0.05, 0.1) is 12.9 Å². The van der Waals surface area contributed by atoms with Crippen LogP contribution in [-0.4, -0.2) is 63.3 Å². The van der Waals surface area contributed by atoms with Gasteiger partial charge in [-0.05, 0) is 12.1 Å². The van der Waals surface area contributed by atoms with Crippen LogP contribution in [0.5, 0.6) is 0 Å². The van der Waals surface area contributed by atoms with Crippen LogP contribution in [0.4, 0.5) is 0 Å². The molecular formula is C11H14O7. The molecule has 1 aliphatic rings. The molecule has 0 saturated carbocycles. The molecule has 1 saturated heterocycles. The van der Waals surface area contributed by atoms with Crippen molar-refractivity contribution in [3.8, 4) is 0 Å². The largest absolute Gasteiger partial charge is 0.461 e. The number of carbonyl (C=O) groups excluding carboxylic acids is 1. The minimum Gasteiger partial charge on any atom is -0.461 e. The lowest BCUT2D eigenvalue weighted by Crippen LogP contribution is -2.60. The molecule has 0 spiro atoms. The lowest BCUT2D eigenvalue weighted by molar-refractivity contribution is -0.215. The number of carbonyl (C=O) groups is 1. The molecule has 1 aromatic rings. The number of aliphatic hydroxyl groups excluding tert-OH is 4. The van der Waals surface area contributed by atoms with Crippen LogP contribution in [0.25, 0.3) is 0 Å². The van der Waals surface area contributed by atoms with E-state index in [1.807, 2.05) is 0 Å². The van der Waals surface area contributed by atoms with Crippen molar-refractivity contribution in [3.05, 3.63) is 24.2 Å². The summed E-state index contributed by atoms with van der Waals surface area (Å²) in [7, 11) is 0. The molecule has 0 aliphatic carbocycles. The summed E-state index contributed by atoms with van der Waals surface area (Å²) in [6.07, 6.45) is -5.83. The number of rotatable bonds is 3. The summed E-state index contributed by atoms with van der Waals surface area (Å²) in [4.78, 5) is 11.9. The Morgan fingerprint density at radius 3 is 2.50 bits per heavy atom. The summed E-state index contributed by atoms with van der Waals surface area (Å²) in [6, 6.07) is 2.89. The van der Waals surface area contributed by atoms with Gasteiger partial charge in [0, 0.05) is 0 Å². The Morgan fingerprint density at radius 1 is 1.22 bits per heavy atom. The van der Waals surface area contributed by atoms with Crippen LogP contribution in [0, 0.1) is 0 Å². The third kappa shape index (κ3) is 2.18. The van der Waals surface area contributed by atoms with Crippen LogP contribution in [0.3, 0.4) is 0 Å². The van der Waals surface area contributed by atoms with E-state index in [0.29, 0.717) is 0 Å². The molecule has 2 heterocycles. The van der Waals surface area contributed by atoms with Crippen molar-refractivity contribution >= 4 is 5.78 Å². The molecule has 1 aliphatic heterocycles. The summed E-state index contributed by atoms with van der Waals surface area (Å²) >= 11 is 0. The molecule has 0 bridgehead atoms. The van der Waals surface area contributed by atoms with E-state index in [4.69, 9.17) is 14.3 Å². The second kappa shape index (κ2) is 5.17. The number of furan rings is 1. The maximum absolute atomic E-state index is 11.9. The Bertz CT molecular complexity index is 400. The Hall–Kier alpha value is -1.25. The highest BCUT2D eigenvalue weighted by atomic mass is 16.5. The van der Waals surface area contributed by atoms with Crippen LogP contribution >= 0.6 is 0 Å². The predicted molar refractivity (Wildman–Crippen MR) is 56.8 cm³/mol. The Labute approximate surface area is 102 Å². The topological polar surface area (TPSA) is 120 Å². The molecule has 7 nitrogen and oxygen atoms in total. The molecule has 2 rings (SSSR count). The van der Waals surface area contributed by atoms with E-state index in [0.717, 1.165) is 0 Å². The fraction of sp³-hybridized carbons (Fsp3) is 0.545. The van der Waals surface area contributed by atoms with Crippen molar-refractivity contribution in [2.75, 3.05) is 6.61 Å². The molecule has 0 amide bonds. The minimum absolute atomic E-state index is 0.0284. The molecule has 1 aromatic heterocycles. The number of ketones is 1. The smallest absolute Gasteiger partial charge is 0.229 e. The summed E-state index contributed by atoms with van der Waals surface area (Å²) in [5.41, 5.74) is 0. The number of aliphatic hydroxyl groups is 4. The normalized spacial score (nSPS) is 36.6. The van der Waals surface area contributed by atoms with Gasteiger partial charge in [-0.3, -0.25) is 4.79 Å². The molecule has 4 N–H and O–H groups in total. The van der Waals surface area contributed by atoms with Gasteiger partial charge in [-0.25, -0.2) is 0 Å². The molecule has 0 aromatic carbocycles. The van der Waals surface area contributed by atoms with Crippen LogP contribution in [0.15, 0.2) is 22.8 Å². The lowest BCUT2D eigenvalue weighted by atomic mass is 9.92. The molecule has 5 atom stereocenters. The SMILES string of the molecule is O=C(c1ccco1)[C@@H]1OC(CO)[C@@H](O)C(O)C1O. The zero-order valence-corrected chi connectivity index (χ0v) is 9.34. The molecule has 3 unspecified atom stereocenters. The first-order chi connectivity index (χ1) is 8.56. The van der Waals surface area contributed by atoms with Gasteiger partial charge in [0.2, 0.25) is 5.78 Å². The van der Waals surface area contributed by atoms with Gasteiger partial charge in [0.1, 0.15) is 24.4 Å². The fourth-order valence-electron chi connectivity index (χ4n) is 1.88. The highest BCUT2D eigenvalue weighted by molar-refractivity contribution is 5.97. The molecule has 1 fully saturated rings. The van der Waals surface area contributed by atoms with E-state index in [1.54, 1.807) is 0 Å². The quantitative estimate of drug-likeness (QED) is 0.477. The van der Waals surface area contributed by atoms with E-state index in [-0.39, 0.29) is 5.76 Å². The molecule has 100 valence electrons. The van der Waals surface area contributed by atoms with Crippen LogP contribution in [0.2, 0.25) is 0 Å². The highest BCUT2D eigenvalue weighted by Gasteiger charge is 2.46. The Balaban J connectivity index is 2.19. The number of hydrogen-bond acceptors (Lipinski definition) is 7. The lowest BCUT2D eigenvalue weighted by Gasteiger charge is -2.38. The third-order valence-electron chi connectivity index (χ3n) is 2.91. The summed E-state index contributed by atoms with van der Waals surface area (Å²) in [5, 5.41) is 37.8. The van der Waals surface area contributed by atoms with Gasteiger partial charge in [0.15, 0.2) is 11.9 Å². The molecular weight excluding hydrogens is 244 g/mol. The highest BCUT2D eigenvalue weighted by Crippen LogP contribution is 2.23. The maximum atomic E-state index is 11.9. The van der Waals surface area contributed by atoms with E-state index in [9.17, 15) is 20.1 Å². The monoisotopic (exact) mass is 258 g/mol. The summed E-state index contributed by atoms with van der Waals surface area (Å²) in [5.74, 6) is -0.684. The summed E-state index contributed by atoms with van der Waals surface area (Å²) < 4.78 is 9.98. The van der Waals surface area contributed by atoms with Crippen molar-refractivity contribution in [1.82, 2.24) is 0 Å². The van der Waals surface area contributed by atoms with Crippen molar-refractivity contribution < 1.29 is 34.4 Å². The van der Waals surface area contributed by atoms with Crippen molar-refractivity contribution in [3.63, 3.8) is 0 Å². The number of Topliss-reactive ketones (excluding diaryl/α,β-unsaturated/α-hetero) is 1. The first kappa shape index (κ1) is 13.2. The fourth-order valence-corrected chi connectivity index (χ4v) is 1.88. The average Bonchev–Trinajstić information content (AvgIpc) is 2.89.